The molecule has 0 atom stereocenters. The third-order valence-electron chi connectivity index (χ3n) is 3.20. The lowest BCUT2D eigenvalue weighted by Gasteiger charge is -2.12. The summed E-state index contributed by atoms with van der Waals surface area (Å²) in [4.78, 5) is 0. The van der Waals surface area contributed by atoms with Gasteiger partial charge in [-0.2, -0.15) is 0 Å². The zero-order valence-electron chi connectivity index (χ0n) is 10.9. The van der Waals surface area contributed by atoms with E-state index in [4.69, 9.17) is 9.47 Å². The summed E-state index contributed by atoms with van der Waals surface area (Å²) in [6, 6.07) is 10.1. The third kappa shape index (κ3) is 2.65. The standard InChI is InChI=1S/C15H13Br2NO2/c1-9-3-2-4-12(15(9)17)18-7-10-5-13-14(6-11(10)16)20-8-19-13/h2-6,18H,7-8H2,1H3. The SMILES string of the molecule is Cc1cccc(NCc2cc3c(cc2Br)OCO3)c1Br. The number of fused-ring (bicyclic) bond motifs is 1. The largest absolute Gasteiger partial charge is 0.454 e. The Morgan fingerprint density at radius 2 is 1.90 bits per heavy atom. The van der Waals surface area contributed by atoms with Gasteiger partial charge in [0.25, 0.3) is 0 Å². The van der Waals surface area contributed by atoms with Crippen molar-refractivity contribution in [2.45, 2.75) is 13.5 Å². The first-order chi connectivity index (χ1) is 9.65. The third-order valence-corrected chi connectivity index (χ3v) is 4.99. The number of anilines is 1. The fraction of sp³-hybridized carbons (Fsp3) is 0.200. The molecule has 0 radical (unpaired) electrons. The van der Waals surface area contributed by atoms with Crippen molar-refractivity contribution in [2.24, 2.45) is 0 Å². The molecule has 0 fully saturated rings. The molecule has 3 nitrogen and oxygen atoms in total. The van der Waals surface area contributed by atoms with Gasteiger partial charge in [-0.15, -0.1) is 0 Å². The molecule has 1 N–H and O–H groups in total. The first-order valence-corrected chi connectivity index (χ1v) is 7.81. The van der Waals surface area contributed by atoms with E-state index in [-0.39, 0.29) is 0 Å². The van der Waals surface area contributed by atoms with E-state index < -0.39 is 0 Å². The molecule has 0 amide bonds. The molecule has 1 heterocycles. The second-order valence-corrected chi connectivity index (χ2v) is 6.23. The van der Waals surface area contributed by atoms with Crippen LogP contribution in [-0.4, -0.2) is 6.79 Å². The monoisotopic (exact) mass is 397 g/mol. The number of nitrogens with one attached hydrogen (secondary N) is 1. The zero-order chi connectivity index (χ0) is 14.1. The van der Waals surface area contributed by atoms with Crippen LogP contribution in [0.3, 0.4) is 0 Å². The van der Waals surface area contributed by atoms with Crippen molar-refractivity contribution in [3.8, 4) is 11.5 Å². The maximum atomic E-state index is 5.41. The Kier molecular flexibility index (Phi) is 3.89. The van der Waals surface area contributed by atoms with Crippen LogP contribution in [0, 0.1) is 6.92 Å². The molecule has 0 saturated heterocycles. The van der Waals surface area contributed by atoms with Gasteiger partial charge in [0.05, 0.1) is 0 Å². The lowest BCUT2D eigenvalue weighted by molar-refractivity contribution is 0.174. The minimum absolute atomic E-state index is 0.294. The van der Waals surface area contributed by atoms with Crippen LogP contribution in [0.2, 0.25) is 0 Å². The maximum Gasteiger partial charge on any atom is 0.231 e. The summed E-state index contributed by atoms with van der Waals surface area (Å²) in [5.74, 6) is 1.59. The molecule has 1 aliphatic rings. The predicted octanol–water partition coefficient (Wildman–Crippen LogP) is 4.86. The predicted molar refractivity (Wildman–Crippen MR) is 86.5 cm³/mol. The Hall–Kier alpha value is -1.20. The highest BCUT2D eigenvalue weighted by molar-refractivity contribution is 9.11. The zero-order valence-corrected chi connectivity index (χ0v) is 14.0. The van der Waals surface area contributed by atoms with Crippen molar-refractivity contribution in [3.63, 3.8) is 0 Å². The number of halogens is 2. The van der Waals surface area contributed by atoms with Crippen molar-refractivity contribution in [1.82, 2.24) is 0 Å². The number of benzene rings is 2. The van der Waals surface area contributed by atoms with Gasteiger partial charge in [0.1, 0.15) is 0 Å². The van der Waals surface area contributed by atoms with E-state index in [0.717, 1.165) is 31.7 Å². The Morgan fingerprint density at radius 3 is 2.70 bits per heavy atom. The second kappa shape index (κ2) is 5.66. The van der Waals surface area contributed by atoms with Gasteiger partial charge in [-0.25, -0.2) is 0 Å². The molecule has 20 heavy (non-hydrogen) atoms. The molecule has 0 spiro atoms. The van der Waals surface area contributed by atoms with E-state index in [1.54, 1.807) is 0 Å². The molecule has 1 aliphatic heterocycles. The van der Waals surface area contributed by atoms with Crippen LogP contribution in [0.25, 0.3) is 0 Å². The van der Waals surface area contributed by atoms with E-state index in [1.807, 2.05) is 18.2 Å². The first-order valence-electron chi connectivity index (χ1n) is 6.22. The molecule has 0 aliphatic carbocycles. The Balaban J connectivity index is 1.80. The van der Waals surface area contributed by atoms with E-state index >= 15 is 0 Å². The quantitative estimate of drug-likeness (QED) is 0.800. The molecule has 3 rings (SSSR count). The van der Waals surface area contributed by atoms with Gasteiger partial charge in [-0.05, 0) is 52.2 Å². The average molecular weight is 399 g/mol. The average Bonchev–Trinajstić information content (AvgIpc) is 2.87. The molecular formula is C15H13Br2NO2. The lowest BCUT2D eigenvalue weighted by Crippen LogP contribution is -2.01. The van der Waals surface area contributed by atoms with E-state index in [2.05, 4.69) is 56.2 Å². The number of aryl methyl sites for hydroxylation is 1. The summed E-state index contributed by atoms with van der Waals surface area (Å²) in [7, 11) is 0. The summed E-state index contributed by atoms with van der Waals surface area (Å²) < 4.78 is 12.9. The van der Waals surface area contributed by atoms with Gasteiger partial charge in [0.15, 0.2) is 11.5 Å². The Bertz CT molecular complexity index is 659. The van der Waals surface area contributed by atoms with E-state index in [1.165, 1.54) is 5.56 Å². The summed E-state index contributed by atoms with van der Waals surface area (Å²) in [6.07, 6.45) is 0. The van der Waals surface area contributed by atoms with Crippen LogP contribution >= 0.6 is 31.9 Å². The lowest BCUT2D eigenvalue weighted by atomic mass is 10.2. The van der Waals surface area contributed by atoms with Crippen LogP contribution in [-0.2, 0) is 6.54 Å². The fourth-order valence-electron chi connectivity index (χ4n) is 2.07. The van der Waals surface area contributed by atoms with Gasteiger partial charge < -0.3 is 14.8 Å². The van der Waals surface area contributed by atoms with Gasteiger partial charge in [-0.1, -0.05) is 28.1 Å². The van der Waals surface area contributed by atoms with Gasteiger partial charge >= 0.3 is 0 Å². The summed E-state index contributed by atoms with van der Waals surface area (Å²) in [5, 5.41) is 3.43. The topological polar surface area (TPSA) is 30.5 Å². The fourth-order valence-corrected chi connectivity index (χ4v) is 2.94. The van der Waals surface area contributed by atoms with Crippen LogP contribution in [0.5, 0.6) is 11.5 Å². The molecule has 0 saturated carbocycles. The van der Waals surface area contributed by atoms with Gasteiger partial charge in [0.2, 0.25) is 6.79 Å². The first kappa shape index (κ1) is 13.8. The Labute approximate surface area is 134 Å². The highest BCUT2D eigenvalue weighted by Crippen LogP contribution is 2.37. The van der Waals surface area contributed by atoms with E-state index in [0.29, 0.717) is 13.3 Å². The maximum absolute atomic E-state index is 5.41. The highest BCUT2D eigenvalue weighted by Gasteiger charge is 2.16. The number of rotatable bonds is 3. The van der Waals surface area contributed by atoms with E-state index in [9.17, 15) is 0 Å². The Morgan fingerprint density at radius 1 is 1.15 bits per heavy atom. The van der Waals surface area contributed by atoms with Crippen LogP contribution in [0.1, 0.15) is 11.1 Å². The number of ether oxygens (including phenoxy) is 2. The molecule has 2 aromatic carbocycles. The minimum atomic E-state index is 0.294. The molecule has 2 aromatic rings. The highest BCUT2D eigenvalue weighted by atomic mass is 79.9. The smallest absolute Gasteiger partial charge is 0.231 e. The number of hydrogen-bond acceptors (Lipinski definition) is 3. The normalized spacial score (nSPS) is 12.6. The minimum Gasteiger partial charge on any atom is -0.454 e. The second-order valence-electron chi connectivity index (χ2n) is 4.59. The summed E-state index contributed by atoms with van der Waals surface area (Å²) >= 11 is 7.17. The van der Waals surface area contributed by atoms with Crippen molar-refractivity contribution in [1.29, 1.82) is 0 Å². The molecule has 0 bridgehead atoms. The molecular weight excluding hydrogens is 386 g/mol. The van der Waals surface area contributed by atoms with Crippen molar-refractivity contribution < 1.29 is 9.47 Å². The van der Waals surface area contributed by atoms with Crippen LogP contribution in [0.4, 0.5) is 5.69 Å². The summed E-state index contributed by atoms with van der Waals surface area (Å²) in [5.41, 5.74) is 3.41. The van der Waals surface area contributed by atoms with Crippen molar-refractivity contribution in [3.05, 3.63) is 50.4 Å². The molecule has 5 heteroatoms. The van der Waals surface area contributed by atoms with Crippen LogP contribution in [0.15, 0.2) is 39.3 Å². The van der Waals surface area contributed by atoms with Crippen molar-refractivity contribution >= 4 is 37.5 Å². The van der Waals surface area contributed by atoms with Gasteiger partial charge in [0, 0.05) is 21.2 Å². The number of hydrogen-bond donors (Lipinski definition) is 1. The van der Waals surface area contributed by atoms with Gasteiger partial charge in [-0.3, -0.25) is 0 Å². The molecule has 0 aromatic heterocycles. The van der Waals surface area contributed by atoms with Crippen molar-refractivity contribution in [2.75, 3.05) is 12.1 Å². The summed E-state index contributed by atoms with van der Waals surface area (Å²) in [6.45, 7) is 3.08. The molecule has 0 unspecified atom stereocenters. The molecule has 104 valence electrons. The van der Waals surface area contributed by atoms with Crippen LogP contribution < -0.4 is 14.8 Å².